The van der Waals surface area contributed by atoms with Gasteiger partial charge in [0.1, 0.15) is 0 Å². The first kappa shape index (κ1) is 17.1. The lowest BCUT2D eigenvalue weighted by Crippen LogP contribution is -2.23. The van der Waals surface area contributed by atoms with Crippen molar-refractivity contribution >= 4 is 53.2 Å². The molecule has 114 valence electrons. The molecule has 0 bridgehead atoms. The maximum absolute atomic E-state index is 12.4. The molecule has 0 saturated carbocycles. The van der Waals surface area contributed by atoms with Gasteiger partial charge in [0.05, 0.1) is 11.5 Å². The topological polar surface area (TPSA) is 66.4 Å². The number of rotatable bonds is 5. The van der Waals surface area contributed by atoms with E-state index < -0.39 is 10.0 Å². The van der Waals surface area contributed by atoms with Gasteiger partial charge in [-0.1, -0.05) is 6.07 Å². The van der Waals surface area contributed by atoms with Gasteiger partial charge >= 0.3 is 0 Å². The molecule has 0 spiro atoms. The van der Waals surface area contributed by atoms with Crippen molar-refractivity contribution in [2.24, 2.45) is 0 Å². The first-order chi connectivity index (χ1) is 9.85. The maximum atomic E-state index is 12.4. The fourth-order valence-electron chi connectivity index (χ4n) is 1.79. The molecule has 0 amide bonds. The molecule has 0 aliphatic carbocycles. The maximum Gasteiger partial charge on any atom is 0.242 e. The highest BCUT2D eigenvalue weighted by atomic mass is 79.9. The molecule has 8 heteroatoms. The van der Waals surface area contributed by atoms with Gasteiger partial charge in [0.15, 0.2) is 0 Å². The van der Waals surface area contributed by atoms with Crippen LogP contribution >= 0.6 is 43.2 Å². The SMILES string of the molecule is Cc1cc(CO)cc(S(=O)(=O)NCc2sccc2Br)c1Br. The van der Waals surface area contributed by atoms with E-state index in [0.717, 1.165) is 14.9 Å². The smallest absolute Gasteiger partial charge is 0.242 e. The molecule has 2 rings (SSSR count). The Labute approximate surface area is 144 Å². The Morgan fingerprint density at radius 2 is 2.05 bits per heavy atom. The van der Waals surface area contributed by atoms with Crippen molar-refractivity contribution < 1.29 is 13.5 Å². The van der Waals surface area contributed by atoms with Gasteiger partial charge in [0.2, 0.25) is 10.0 Å². The number of aliphatic hydroxyl groups is 1. The van der Waals surface area contributed by atoms with Crippen molar-refractivity contribution in [2.45, 2.75) is 25.0 Å². The van der Waals surface area contributed by atoms with Crippen molar-refractivity contribution in [3.8, 4) is 0 Å². The second kappa shape index (κ2) is 6.89. The predicted molar refractivity (Wildman–Crippen MR) is 90.8 cm³/mol. The second-order valence-corrected chi connectivity index (χ2v) is 8.78. The summed E-state index contributed by atoms with van der Waals surface area (Å²) < 4.78 is 28.9. The average molecular weight is 455 g/mol. The van der Waals surface area contributed by atoms with Crippen LogP contribution in [0.15, 0.2) is 37.4 Å². The molecular weight excluding hydrogens is 442 g/mol. The molecule has 2 aromatic rings. The Morgan fingerprint density at radius 1 is 1.33 bits per heavy atom. The van der Waals surface area contributed by atoms with Crippen LogP contribution in [0.25, 0.3) is 0 Å². The van der Waals surface area contributed by atoms with Gasteiger partial charge in [-0.15, -0.1) is 11.3 Å². The van der Waals surface area contributed by atoms with Crippen LogP contribution in [0, 0.1) is 6.92 Å². The minimum absolute atomic E-state index is 0.138. The molecule has 2 N–H and O–H groups in total. The summed E-state index contributed by atoms with van der Waals surface area (Å²) in [6.07, 6.45) is 0. The van der Waals surface area contributed by atoms with Gasteiger partial charge in [-0.25, -0.2) is 13.1 Å². The zero-order valence-electron chi connectivity index (χ0n) is 11.1. The van der Waals surface area contributed by atoms with E-state index in [-0.39, 0.29) is 18.0 Å². The van der Waals surface area contributed by atoms with Gasteiger partial charge in [0, 0.05) is 20.4 Å². The van der Waals surface area contributed by atoms with E-state index in [1.807, 2.05) is 11.4 Å². The molecular formula is C13H13Br2NO3S2. The van der Waals surface area contributed by atoms with E-state index in [4.69, 9.17) is 0 Å². The molecule has 0 aliphatic heterocycles. The minimum atomic E-state index is -3.66. The first-order valence-corrected chi connectivity index (χ1v) is 9.91. The number of aliphatic hydroxyl groups excluding tert-OH is 1. The second-order valence-electron chi connectivity index (χ2n) is 4.40. The van der Waals surface area contributed by atoms with Gasteiger partial charge in [-0.3, -0.25) is 0 Å². The summed E-state index contributed by atoms with van der Waals surface area (Å²) in [5.41, 5.74) is 1.33. The molecule has 1 aromatic carbocycles. The Balaban J connectivity index is 2.31. The van der Waals surface area contributed by atoms with Crippen molar-refractivity contribution in [1.82, 2.24) is 4.72 Å². The van der Waals surface area contributed by atoms with Crippen molar-refractivity contribution in [2.75, 3.05) is 0 Å². The van der Waals surface area contributed by atoms with Gasteiger partial charge in [-0.2, -0.15) is 0 Å². The van der Waals surface area contributed by atoms with Crippen LogP contribution in [0.3, 0.4) is 0 Å². The quantitative estimate of drug-likeness (QED) is 0.725. The van der Waals surface area contributed by atoms with Crippen LogP contribution in [-0.4, -0.2) is 13.5 Å². The number of nitrogens with one attached hydrogen (secondary N) is 1. The first-order valence-electron chi connectivity index (χ1n) is 5.96. The van der Waals surface area contributed by atoms with Crippen LogP contribution in [0.5, 0.6) is 0 Å². The van der Waals surface area contributed by atoms with Crippen molar-refractivity contribution in [3.05, 3.63) is 48.5 Å². The van der Waals surface area contributed by atoms with Gasteiger partial charge in [-0.05, 0) is 67.4 Å². The van der Waals surface area contributed by atoms with Crippen LogP contribution in [0.4, 0.5) is 0 Å². The van der Waals surface area contributed by atoms with E-state index in [9.17, 15) is 13.5 Å². The van der Waals surface area contributed by atoms with E-state index in [2.05, 4.69) is 36.6 Å². The summed E-state index contributed by atoms with van der Waals surface area (Å²) in [7, 11) is -3.66. The van der Waals surface area contributed by atoms with Crippen LogP contribution < -0.4 is 4.72 Å². The Kier molecular flexibility index (Phi) is 5.61. The van der Waals surface area contributed by atoms with Crippen molar-refractivity contribution in [1.29, 1.82) is 0 Å². The van der Waals surface area contributed by atoms with Gasteiger partial charge < -0.3 is 5.11 Å². The monoisotopic (exact) mass is 453 g/mol. The Bertz CT molecular complexity index is 757. The predicted octanol–water partition coefficient (Wildman–Crippen LogP) is 3.55. The van der Waals surface area contributed by atoms with Crippen LogP contribution in [0.2, 0.25) is 0 Å². The lowest BCUT2D eigenvalue weighted by molar-refractivity contribution is 0.281. The lowest BCUT2D eigenvalue weighted by Gasteiger charge is -2.11. The zero-order valence-corrected chi connectivity index (χ0v) is 15.9. The van der Waals surface area contributed by atoms with Gasteiger partial charge in [0.25, 0.3) is 0 Å². The lowest BCUT2D eigenvalue weighted by atomic mass is 10.1. The zero-order chi connectivity index (χ0) is 15.6. The molecule has 21 heavy (non-hydrogen) atoms. The van der Waals surface area contributed by atoms with Crippen LogP contribution in [-0.2, 0) is 23.2 Å². The molecule has 1 aromatic heterocycles. The molecule has 0 atom stereocenters. The Morgan fingerprint density at radius 3 is 2.62 bits per heavy atom. The molecule has 0 unspecified atom stereocenters. The third-order valence-electron chi connectivity index (χ3n) is 2.87. The number of aryl methyl sites for hydroxylation is 1. The van der Waals surface area contributed by atoms with Crippen LogP contribution in [0.1, 0.15) is 16.0 Å². The summed E-state index contributed by atoms with van der Waals surface area (Å²) in [5.74, 6) is 0. The molecule has 1 heterocycles. The van der Waals surface area contributed by atoms with E-state index in [1.54, 1.807) is 13.0 Å². The highest BCUT2D eigenvalue weighted by Crippen LogP contribution is 2.28. The standard InChI is InChI=1S/C13H13Br2NO3S2/c1-8-4-9(7-17)5-12(13(8)15)21(18,19)16-6-11-10(14)2-3-20-11/h2-5,16-17H,6-7H2,1H3. The number of sulfonamides is 1. The highest BCUT2D eigenvalue weighted by Gasteiger charge is 2.20. The molecule has 0 radical (unpaired) electrons. The third kappa shape index (κ3) is 3.94. The molecule has 0 aliphatic rings. The highest BCUT2D eigenvalue weighted by molar-refractivity contribution is 9.10. The number of thiophene rings is 1. The molecule has 0 saturated heterocycles. The van der Waals surface area contributed by atoms with E-state index >= 15 is 0 Å². The number of halogens is 2. The Hall–Kier alpha value is -0.250. The molecule has 0 fully saturated rings. The van der Waals surface area contributed by atoms with Crippen molar-refractivity contribution in [3.63, 3.8) is 0 Å². The average Bonchev–Trinajstić information content (AvgIpc) is 2.84. The summed E-state index contributed by atoms with van der Waals surface area (Å²) in [5, 5.41) is 11.1. The van der Waals surface area contributed by atoms with E-state index in [1.165, 1.54) is 17.4 Å². The number of benzene rings is 1. The molecule has 4 nitrogen and oxygen atoms in total. The summed E-state index contributed by atoms with van der Waals surface area (Å²) in [6.45, 7) is 1.81. The number of hydrogen-bond acceptors (Lipinski definition) is 4. The minimum Gasteiger partial charge on any atom is -0.392 e. The number of hydrogen-bond donors (Lipinski definition) is 2. The summed E-state index contributed by atoms with van der Waals surface area (Å²) in [4.78, 5) is 1.05. The summed E-state index contributed by atoms with van der Waals surface area (Å²) in [6, 6.07) is 5.10. The largest absolute Gasteiger partial charge is 0.392 e. The fourth-order valence-corrected chi connectivity index (χ4v) is 5.37. The fraction of sp³-hybridized carbons (Fsp3) is 0.231. The van der Waals surface area contributed by atoms with E-state index in [0.29, 0.717) is 10.0 Å². The summed E-state index contributed by atoms with van der Waals surface area (Å²) >= 11 is 8.15. The third-order valence-corrected chi connectivity index (χ3v) is 7.53. The normalized spacial score (nSPS) is 11.8.